The van der Waals surface area contributed by atoms with Crippen LogP contribution in [0.4, 0.5) is 17.1 Å². The van der Waals surface area contributed by atoms with Crippen LogP contribution < -0.4 is 16.8 Å². The van der Waals surface area contributed by atoms with Crippen molar-refractivity contribution in [1.82, 2.24) is 4.98 Å². The average molecular weight is 290 g/mol. The van der Waals surface area contributed by atoms with Crippen LogP contribution in [0.15, 0.2) is 39.5 Å². The van der Waals surface area contributed by atoms with Crippen LogP contribution >= 0.6 is 11.6 Å². The van der Waals surface area contributed by atoms with Crippen LogP contribution in [0.2, 0.25) is 5.02 Å². The van der Waals surface area contributed by atoms with Gasteiger partial charge in [-0.1, -0.05) is 17.7 Å². The number of hydrogen-bond acceptors (Lipinski definition) is 4. The fraction of sp³-hybridized carbons (Fsp3) is 0.0714. The molecular formula is C14H12ClN3O2. The summed E-state index contributed by atoms with van der Waals surface area (Å²) in [6.07, 6.45) is 0. The third-order valence-electron chi connectivity index (χ3n) is 3.13. The second kappa shape index (κ2) is 4.61. The van der Waals surface area contributed by atoms with Gasteiger partial charge in [0.05, 0.1) is 16.9 Å². The number of H-pyrrole nitrogens is 1. The van der Waals surface area contributed by atoms with Crippen molar-refractivity contribution in [1.29, 1.82) is 0 Å². The van der Waals surface area contributed by atoms with Crippen molar-refractivity contribution < 1.29 is 4.42 Å². The fourth-order valence-corrected chi connectivity index (χ4v) is 2.18. The Hall–Kier alpha value is -2.40. The number of nitrogens with two attached hydrogens (primary N) is 1. The molecule has 0 saturated carbocycles. The van der Waals surface area contributed by atoms with Crippen LogP contribution in [-0.2, 0) is 0 Å². The van der Waals surface area contributed by atoms with E-state index in [9.17, 15) is 4.79 Å². The number of oxazole rings is 1. The number of rotatable bonds is 2. The molecule has 5 nitrogen and oxygen atoms in total. The van der Waals surface area contributed by atoms with Crippen molar-refractivity contribution in [2.45, 2.75) is 6.92 Å². The van der Waals surface area contributed by atoms with Crippen molar-refractivity contribution >= 4 is 39.8 Å². The molecule has 0 fully saturated rings. The van der Waals surface area contributed by atoms with E-state index in [0.29, 0.717) is 27.5 Å². The molecular weight excluding hydrogens is 278 g/mol. The lowest BCUT2D eigenvalue weighted by Gasteiger charge is -2.12. The number of aromatic nitrogens is 1. The van der Waals surface area contributed by atoms with E-state index in [1.165, 1.54) is 0 Å². The first-order chi connectivity index (χ1) is 9.54. The van der Waals surface area contributed by atoms with Crippen molar-refractivity contribution in [2.24, 2.45) is 0 Å². The van der Waals surface area contributed by atoms with Gasteiger partial charge in [-0.15, -0.1) is 0 Å². The zero-order valence-corrected chi connectivity index (χ0v) is 11.4. The number of fused-ring (bicyclic) bond motifs is 1. The molecule has 0 unspecified atom stereocenters. The molecule has 0 spiro atoms. The zero-order valence-electron chi connectivity index (χ0n) is 10.7. The molecule has 6 heteroatoms. The third-order valence-corrected chi connectivity index (χ3v) is 3.54. The summed E-state index contributed by atoms with van der Waals surface area (Å²) in [4.78, 5) is 13.8. The number of hydrogen-bond donors (Lipinski definition) is 3. The highest BCUT2D eigenvalue weighted by atomic mass is 35.5. The van der Waals surface area contributed by atoms with Crippen LogP contribution in [0.1, 0.15) is 5.56 Å². The first-order valence-corrected chi connectivity index (χ1v) is 6.37. The highest BCUT2D eigenvalue weighted by molar-refractivity contribution is 6.31. The highest BCUT2D eigenvalue weighted by Crippen LogP contribution is 2.30. The minimum Gasteiger partial charge on any atom is -0.408 e. The number of anilines is 3. The lowest BCUT2D eigenvalue weighted by Crippen LogP contribution is -1.98. The van der Waals surface area contributed by atoms with Gasteiger partial charge in [0.25, 0.3) is 0 Å². The lowest BCUT2D eigenvalue weighted by molar-refractivity contribution is 0.555. The van der Waals surface area contributed by atoms with Gasteiger partial charge in [-0.3, -0.25) is 4.98 Å². The maximum absolute atomic E-state index is 11.2. The smallest absolute Gasteiger partial charge is 0.408 e. The van der Waals surface area contributed by atoms with Gasteiger partial charge < -0.3 is 15.5 Å². The molecule has 2 aromatic carbocycles. The quantitative estimate of drug-likeness (QED) is 0.631. The van der Waals surface area contributed by atoms with E-state index in [-0.39, 0.29) is 0 Å². The minimum atomic E-state index is -0.504. The first kappa shape index (κ1) is 12.6. The Labute approximate surface area is 119 Å². The Morgan fingerprint density at radius 1 is 1.30 bits per heavy atom. The summed E-state index contributed by atoms with van der Waals surface area (Å²) >= 11 is 6.08. The Bertz CT molecular complexity index is 851. The number of benzene rings is 2. The molecule has 3 rings (SSSR count). The number of nitrogen functional groups attached to an aromatic ring is 1. The van der Waals surface area contributed by atoms with E-state index in [4.69, 9.17) is 21.8 Å². The van der Waals surface area contributed by atoms with Gasteiger partial charge in [0, 0.05) is 16.8 Å². The molecule has 1 heterocycles. The summed E-state index contributed by atoms with van der Waals surface area (Å²) in [5, 5.41) is 3.88. The Morgan fingerprint density at radius 2 is 2.10 bits per heavy atom. The molecule has 0 aliphatic carbocycles. The van der Waals surface area contributed by atoms with Crippen LogP contribution in [0.25, 0.3) is 11.1 Å². The van der Waals surface area contributed by atoms with E-state index in [2.05, 4.69) is 10.3 Å². The fourth-order valence-electron chi connectivity index (χ4n) is 2.01. The number of halogens is 1. The van der Waals surface area contributed by atoms with Crippen molar-refractivity contribution in [3.05, 3.63) is 51.5 Å². The summed E-state index contributed by atoms with van der Waals surface area (Å²) in [5.41, 5.74) is 9.93. The van der Waals surface area contributed by atoms with Crippen molar-refractivity contribution in [3.8, 4) is 0 Å². The number of nitrogens with one attached hydrogen (secondary N) is 2. The van der Waals surface area contributed by atoms with Gasteiger partial charge in [0.15, 0.2) is 5.58 Å². The van der Waals surface area contributed by atoms with Crippen molar-refractivity contribution in [2.75, 3.05) is 11.1 Å². The van der Waals surface area contributed by atoms with E-state index in [1.807, 2.05) is 25.1 Å². The maximum Gasteiger partial charge on any atom is 0.417 e. The molecule has 0 amide bonds. The third kappa shape index (κ3) is 2.12. The summed E-state index contributed by atoms with van der Waals surface area (Å²) in [5.74, 6) is -0.504. The van der Waals surface area contributed by atoms with Crippen molar-refractivity contribution in [3.63, 3.8) is 0 Å². The number of aromatic amines is 1. The van der Waals surface area contributed by atoms with Gasteiger partial charge in [-0.2, -0.15) is 0 Å². The van der Waals surface area contributed by atoms with Gasteiger partial charge in [0.2, 0.25) is 0 Å². The van der Waals surface area contributed by atoms with Gasteiger partial charge in [0.1, 0.15) is 0 Å². The first-order valence-electron chi connectivity index (χ1n) is 5.99. The second-order valence-corrected chi connectivity index (χ2v) is 4.89. The standard InChI is InChI=1S/C14H12ClN3O2/c1-7-8(15)3-2-4-10(7)17-11-6-12-13(5-9(11)16)20-14(19)18-12/h2-6,17H,16H2,1H3,(H,18,19). The maximum atomic E-state index is 11.2. The SMILES string of the molecule is Cc1c(Cl)cccc1Nc1cc2[nH]c(=O)oc2cc1N. The summed E-state index contributed by atoms with van der Waals surface area (Å²) in [7, 11) is 0. The van der Waals surface area contributed by atoms with Crippen LogP contribution in [0.5, 0.6) is 0 Å². The molecule has 0 bridgehead atoms. The summed E-state index contributed by atoms with van der Waals surface area (Å²) < 4.78 is 4.96. The molecule has 3 aromatic rings. The predicted molar refractivity (Wildman–Crippen MR) is 80.7 cm³/mol. The van der Waals surface area contributed by atoms with Crippen LogP contribution in [0.3, 0.4) is 0 Å². The molecule has 1 aromatic heterocycles. The van der Waals surface area contributed by atoms with Gasteiger partial charge in [-0.25, -0.2) is 4.79 Å². The Morgan fingerprint density at radius 3 is 2.90 bits per heavy atom. The van der Waals surface area contributed by atoms with E-state index in [0.717, 1.165) is 11.3 Å². The molecule has 0 atom stereocenters. The lowest BCUT2D eigenvalue weighted by atomic mass is 10.1. The normalized spacial score (nSPS) is 10.9. The largest absolute Gasteiger partial charge is 0.417 e. The van der Waals surface area contributed by atoms with E-state index < -0.39 is 5.76 Å². The van der Waals surface area contributed by atoms with Crippen LogP contribution in [-0.4, -0.2) is 4.98 Å². The molecule has 0 aliphatic heterocycles. The topological polar surface area (TPSA) is 84.0 Å². The van der Waals surface area contributed by atoms with Gasteiger partial charge >= 0.3 is 5.76 Å². The molecule has 0 radical (unpaired) electrons. The van der Waals surface area contributed by atoms with E-state index in [1.54, 1.807) is 12.1 Å². The minimum absolute atomic E-state index is 0.431. The van der Waals surface area contributed by atoms with Gasteiger partial charge in [-0.05, 0) is 30.7 Å². The molecule has 0 saturated heterocycles. The zero-order chi connectivity index (χ0) is 14.3. The molecule has 20 heavy (non-hydrogen) atoms. The Balaban J connectivity index is 2.08. The summed E-state index contributed by atoms with van der Waals surface area (Å²) in [6.45, 7) is 1.92. The molecule has 102 valence electrons. The van der Waals surface area contributed by atoms with Crippen LogP contribution in [0, 0.1) is 6.92 Å². The average Bonchev–Trinajstić information content (AvgIpc) is 2.74. The highest BCUT2D eigenvalue weighted by Gasteiger charge is 2.09. The van der Waals surface area contributed by atoms with E-state index >= 15 is 0 Å². The summed E-state index contributed by atoms with van der Waals surface area (Å²) in [6, 6.07) is 8.92. The second-order valence-electron chi connectivity index (χ2n) is 4.49. The predicted octanol–water partition coefficient (Wildman–Crippen LogP) is 3.41. The molecule has 0 aliphatic rings. The molecule has 4 N–H and O–H groups in total. The Kier molecular flexibility index (Phi) is 2.91. The monoisotopic (exact) mass is 289 g/mol.